The third kappa shape index (κ3) is 5.06. The Morgan fingerprint density at radius 1 is 1.14 bits per heavy atom. The van der Waals surface area contributed by atoms with E-state index in [2.05, 4.69) is 25.7 Å². The highest BCUT2D eigenvalue weighted by Crippen LogP contribution is 2.22. The molecule has 0 saturated carbocycles. The predicted octanol–water partition coefficient (Wildman–Crippen LogP) is 2.88. The van der Waals surface area contributed by atoms with Crippen molar-refractivity contribution in [3.63, 3.8) is 0 Å². The maximum Gasteiger partial charge on any atom is 0.234 e. The number of nitrogens with zero attached hydrogens (tertiary/aromatic N) is 5. The first kappa shape index (κ1) is 19.7. The van der Waals surface area contributed by atoms with E-state index in [1.165, 1.54) is 11.8 Å². The van der Waals surface area contributed by atoms with Crippen molar-refractivity contribution in [2.24, 2.45) is 0 Å². The number of tetrazole rings is 1. The molecule has 1 aliphatic heterocycles. The second kappa shape index (κ2) is 9.25. The fourth-order valence-electron chi connectivity index (χ4n) is 2.94. The molecular formula is C19H19ClN6O2S. The van der Waals surface area contributed by atoms with Gasteiger partial charge in [0.05, 0.1) is 24.7 Å². The molecule has 1 amide bonds. The quantitative estimate of drug-likeness (QED) is 0.602. The molecule has 8 nitrogen and oxygen atoms in total. The standard InChI is InChI=1S/C19H19ClN6O2S/c20-14-2-1-3-17(12-14)26-19(22-23-24-26)29-13-18(27)21-15-4-6-16(7-5-15)25-8-10-28-11-9-25/h1-7,12H,8-11,13H2,(H,21,27). The van der Waals surface area contributed by atoms with Gasteiger partial charge in [-0.2, -0.15) is 4.68 Å². The molecule has 2 heterocycles. The average Bonchev–Trinajstić information content (AvgIpc) is 3.22. The molecule has 1 saturated heterocycles. The summed E-state index contributed by atoms with van der Waals surface area (Å²) in [4.78, 5) is 14.6. The first-order chi connectivity index (χ1) is 14.2. The Hall–Kier alpha value is -2.62. The van der Waals surface area contributed by atoms with Crippen molar-refractivity contribution in [1.29, 1.82) is 0 Å². The van der Waals surface area contributed by atoms with Crippen molar-refractivity contribution in [3.05, 3.63) is 53.6 Å². The number of morpholine rings is 1. The minimum Gasteiger partial charge on any atom is -0.378 e. The van der Waals surface area contributed by atoms with Crippen molar-refractivity contribution in [3.8, 4) is 5.69 Å². The molecule has 1 N–H and O–H groups in total. The van der Waals surface area contributed by atoms with E-state index < -0.39 is 0 Å². The number of halogens is 1. The van der Waals surface area contributed by atoms with Crippen LogP contribution in [-0.4, -0.2) is 58.2 Å². The third-order valence-electron chi connectivity index (χ3n) is 4.35. The van der Waals surface area contributed by atoms with Crippen LogP contribution in [0.5, 0.6) is 0 Å². The van der Waals surface area contributed by atoms with E-state index >= 15 is 0 Å². The Bertz CT molecular complexity index is 975. The third-order valence-corrected chi connectivity index (χ3v) is 5.51. The Balaban J connectivity index is 1.33. The summed E-state index contributed by atoms with van der Waals surface area (Å²) in [5, 5.41) is 15.7. The van der Waals surface area contributed by atoms with Crippen LogP contribution in [0.4, 0.5) is 11.4 Å². The highest BCUT2D eigenvalue weighted by atomic mass is 35.5. The smallest absolute Gasteiger partial charge is 0.234 e. The number of thioether (sulfide) groups is 1. The molecule has 2 aromatic carbocycles. The van der Waals surface area contributed by atoms with Crippen molar-refractivity contribution < 1.29 is 9.53 Å². The van der Waals surface area contributed by atoms with Crippen LogP contribution in [0.1, 0.15) is 0 Å². The number of carbonyl (C=O) groups is 1. The number of ether oxygens (including phenoxy) is 1. The van der Waals surface area contributed by atoms with Gasteiger partial charge in [-0.25, -0.2) is 0 Å². The van der Waals surface area contributed by atoms with Crippen molar-refractivity contribution in [2.45, 2.75) is 5.16 Å². The number of nitrogens with one attached hydrogen (secondary N) is 1. The van der Waals surface area contributed by atoms with E-state index in [1.807, 2.05) is 36.4 Å². The van der Waals surface area contributed by atoms with Gasteiger partial charge in [0, 0.05) is 29.5 Å². The van der Waals surface area contributed by atoms with E-state index in [0.717, 1.165) is 43.4 Å². The van der Waals surface area contributed by atoms with Crippen LogP contribution in [0.15, 0.2) is 53.7 Å². The van der Waals surface area contributed by atoms with E-state index in [9.17, 15) is 4.79 Å². The van der Waals surface area contributed by atoms with Crippen LogP contribution in [-0.2, 0) is 9.53 Å². The Morgan fingerprint density at radius 3 is 2.69 bits per heavy atom. The van der Waals surface area contributed by atoms with Crippen LogP contribution in [0, 0.1) is 0 Å². The summed E-state index contributed by atoms with van der Waals surface area (Å²) in [6, 6.07) is 15.0. The Labute approximate surface area is 177 Å². The van der Waals surface area contributed by atoms with Gasteiger partial charge in [-0.05, 0) is 52.9 Å². The number of amides is 1. The summed E-state index contributed by atoms with van der Waals surface area (Å²) in [5.74, 6) is 0.0568. The number of aromatic nitrogens is 4. The minimum atomic E-state index is -0.130. The molecule has 1 aromatic heterocycles. The molecule has 150 valence electrons. The molecule has 0 spiro atoms. The molecule has 0 bridgehead atoms. The van der Waals surface area contributed by atoms with Gasteiger partial charge >= 0.3 is 0 Å². The summed E-state index contributed by atoms with van der Waals surface area (Å²) in [7, 11) is 0. The number of hydrogen-bond donors (Lipinski definition) is 1. The molecule has 0 aliphatic carbocycles. The van der Waals surface area contributed by atoms with Gasteiger partial charge in [-0.3, -0.25) is 4.79 Å². The fourth-order valence-corrected chi connectivity index (χ4v) is 3.82. The van der Waals surface area contributed by atoms with Gasteiger partial charge < -0.3 is 15.0 Å². The Morgan fingerprint density at radius 2 is 1.93 bits per heavy atom. The van der Waals surface area contributed by atoms with Crippen LogP contribution in [0.25, 0.3) is 5.69 Å². The van der Waals surface area contributed by atoms with Gasteiger partial charge in [0.1, 0.15) is 0 Å². The number of hydrogen-bond acceptors (Lipinski definition) is 7. The molecule has 0 atom stereocenters. The lowest BCUT2D eigenvalue weighted by atomic mass is 10.2. The second-order valence-electron chi connectivity index (χ2n) is 6.34. The lowest BCUT2D eigenvalue weighted by Crippen LogP contribution is -2.36. The zero-order valence-corrected chi connectivity index (χ0v) is 17.1. The second-order valence-corrected chi connectivity index (χ2v) is 7.72. The monoisotopic (exact) mass is 430 g/mol. The summed E-state index contributed by atoms with van der Waals surface area (Å²) in [6.07, 6.45) is 0. The lowest BCUT2D eigenvalue weighted by Gasteiger charge is -2.28. The molecule has 10 heteroatoms. The fraction of sp³-hybridized carbons (Fsp3) is 0.263. The molecule has 4 rings (SSSR count). The largest absolute Gasteiger partial charge is 0.378 e. The van der Waals surface area contributed by atoms with E-state index in [4.69, 9.17) is 16.3 Å². The van der Waals surface area contributed by atoms with Crippen LogP contribution >= 0.6 is 23.4 Å². The first-order valence-corrected chi connectivity index (χ1v) is 10.4. The zero-order valence-electron chi connectivity index (χ0n) is 15.5. The molecule has 3 aromatic rings. The zero-order chi connectivity index (χ0) is 20.1. The predicted molar refractivity (Wildman–Crippen MR) is 113 cm³/mol. The summed E-state index contributed by atoms with van der Waals surface area (Å²) >= 11 is 7.29. The maximum atomic E-state index is 12.3. The van der Waals surface area contributed by atoms with Gasteiger partial charge in [0.2, 0.25) is 11.1 Å². The lowest BCUT2D eigenvalue weighted by molar-refractivity contribution is -0.113. The minimum absolute atomic E-state index is 0.130. The van der Waals surface area contributed by atoms with Crippen LogP contribution in [0.2, 0.25) is 5.02 Å². The molecule has 0 radical (unpaired) electrons. The van der Waals surface area contributed by atoms with Crippen molar-refractivity contribution in [1.82, 2.24) is 20.2 Å². The van der Waals surface area contributed by atoms with Crippen LogP contribution < -0.4 is 10.2 Å². The Kier molecular flexibility index (Phi) is 6.28. The van der Waals surface area contributed by atoms with E-state index in [0.29, 0.717) is 10.2 Å². The van der Waals surface area contributed by atoms with E-state index in [1.54, 1.807) is 16.8 Å². The first-order valence-electron chi connectivity index (χ1n) is 9.09. The van der Waals surface area contributed by atoms with Gasteiger partial charge in [-0.15, -0.1) is 5.10 Å². The highest BCUT2D eigenvalue weighted by molar-refractivity contribution is 7.99. The van der Waals surface area contributed by atoms with Crippen molar-refractivity contribution in [2.75, 3.05) is 42.3 Å². The number of rotatable bonds is 6. The molecular weight excluding hydrogens is 412 g/mol. The number of carbonyl (C=O) groups excluding carboxylic acids is 1. The molecule has 1 fully saturated rings. The van der Waals surface area contributed by atoms with Gasteiger partial charge in [0.15, 0.2) is 0 Å². The van der Waals surface area contributed by atoms with Gasteiger partial charge in [-0.1, -0.05) is 29.4 Å². The summed E-state index contributed by atoms with van der Waals surface area (Å²) in [5.41, 5.74) is 2.62. The van der Waals surface area contributed by atoms with Crippen LogP contribution in [0.3, 0.4) is 0 Å². The molecule has 29 heavy (non-hydrogen) atoms. The van der Waals surface area contributed by atoms with E-state index in [-0.39, 0.29) is 11.7 Å². The van der Waals surface area contributed by atoms with Crippen molar-refractivity contribution >= 4 is 40.6 Å². The SMILES string of the molecule is O=C(CSc1nnnn1-c1cccc(Cl)c1)Nc1ccc(N2CCOCC2)cc1. The highest BCUT2D eigenvalue weighted by Gasteiger charge is 2.13. The number of benzene rings is 2. The maximum absolute atomic E-state index is 12.3. The topological polar surface area (TPSA) is 85.2 Å². The van der Waals surface area contributed by atoms with Gasteiger partial charge in [0.25, 0.3) is 0 Å². The molecule has 1 aliphatic rings. The summed E-state index contributed by atoms with van der Waals surface area (Å²) < 4.78 is 6.93. The molecule has 0 unspecified atom stereocenters. The average molecular weight is 431 g/mol. The normalized spacial score (nSPS) is 14.0. The number of anilines is 2. The summed E-state index contributed by atoms with van der Waals surface area (Å²) in [6.45, 7) is 3.24.